The van der Waals surface area contributed by atoms with Crippen molar-refractivity contribution in [1.82, 2.24) is 4.98 Å². The molecular weight excluding hydrogens is 291 g/mol. The molecule has 1 atom stereocenters. The topological polar surface area (TPSA) is 105 Å². The predicted octanol–water partition coefficient (Wildman–Crippen LogP) is 1.86. The van der Waals surface area contributed by atoms with Crippen LogP contribution in [0.25, 0.3) is 0 Å². The number of nitrogens with one attached hydrogen (secondary N) is 1. The number of hydrogen-bond acceptors (Lipinski definition) is 4. The number of amides is 1. The lowest BCUT2D eigenvalue weighted by atomic mass is 10.1. The number of carbonyl (C=O) groups is 2. The summed E-state index contributed by atoms with van der Waals surface area (Å²) in [6.45, 7) is 1.65. The van der Waals surface area contributed by atoms with Gasteiger partial charge in [-0.15, -0.1) is 0 Å². The molecule has 6 nitrogen and oxygen atoms in total. The molecule has 9 heteroatoms. The smallest absolute Gasteiger partial charge is 0.433 e. The Bertz CT molecular complexity index is 546. The second-order valence-corrected chi connectivity index (χ2v) is 4.30. The molecule has 1 heterocycles. The number of aromatic nitrogens is 1. The maximum atomic E-state index is 12.6. The summed E-state index contributed by atoms with van der Waals surface area (Å²) in [5, 5.41) is 11.3. The van der Waals surface area contributed by atoms with Crippen LogP contribution in [0.1, 0.15) is 35.8 Å². The molecule has 0 aliphatic rings. The van der Waals surface area contributed by atoms with Gasteiger partial charge >= 0.3 is 12.1 Å². The van der Waals surface area contributed by atoms with Crippen molar-refractivity contribution < 1.29 is 27.9 Å². The number of hydrogen-bond donors (Lipinski definition) is 3. The summed E-state index contributed by atoms with van der Waals surface area (Å²) >= 11 is 0. The zero-order valence-corrected chi connectivity index (χ0v) is 11.1. The normalized spacial score (nSPS) is 12.8. The largest absolute Gasteiger partial charge is 0.481 e. The lowest BCUT2D eigenvalue weighted by Crippen LogP contribution is -2.26. The van der Waals surface area contributed by atoms with E-state index in [0.29, 0.717) is 12.5 Å². The van der Waals surface area contributed by atoms with Gasteiger partial charge in [0.2, 0.25) is 0 Å². The molecule has 116 valence electrons. The lowest BCUT2D eigenvalue weighted by Gasteiger charge is -2.18. The van der Waals surface area contributed by atoms with Crippen molar-refractivity contribution in [2.45, 2.75) is 32.0 Å². The molecule has 1 aromatic rings. The SMILES string of the molecule is CCC(CC(=O)O)Nc1nc(C(F)(F)F)ccc1C(N)=O. The van der Waals surface area contributed by atoms with Crippen LogP contribution >= 0.6 is 0 Å². The van der Waals surface area contributed by atoms with Gasteiger partial charge in [0.25, 0.3) is 5.91 Å². The van der Waals surface area contributed by atoms with Gasteiger partial charge in [-0.25, -0.2) is 4.98 Å². The van der Waals surface area contributed by atoms with E-state index in [2.05, 4.69) is 10.3 Å². The first-order chi connectivity index (χ1) is 9.65. The Morgan fingerprint density at radius 1 is 1.43 bits per heavy atom. The quantitative estimate of drug-likeness (QED) is 0.744. The minimum absolute atomic E-state index is 0.230. The summed E-state index contributed by atoms with van der Waals surface area (Å²) in [5.41, 5.74) is 3.65. The van der Waals surface area contributed by atoms with E-state index in [-0.39, 0.29) is 17.8 Å². The van der Waals surface area contributed by atoms with Crippen molar-refractivity contribution in [2.24, 2.45) is 5.73 Å². The Morgan fingerprint density at radius 2 is 2.05 bits per heavy atom. The summed E-state index contributed by atoms with van der Waals surface area (Å²) in [7, 11) is 0. The molecular formula is C12H14F3N3O3. The van der Waals surface area contributed by atoms with Gasteiger partial charge in [-0.3, -0.25) is 9.59 Å². The van der Waals surface area contributed by atoms with Gasteiger partial charge in [0, 0.05) is 6.04 Å². The van der Waals surface area contributed by atoms with Crippen LogP contribution in [-0.4, -0.2) is 28.0 Å². The van der Waals surface area contributed by atoms with Crippen LogP contribution in [0.4, 0.5) is 19.0 Å². The highest BCUT2D eigenvalue weighted by molar-refractivity contribution is 5.97. The summed E-state index contributed by atoms with van der Waals surface area (Å²) in [6, 6.07) is 0.883. The highest BCUT2D eigenvalue weighted by Crippen LogP contribution is 2.29. The van der Waals surface area contributed by atoms with Crippen LogP contribution in [-0.2, 0) is 11.0 Å². The van der Waals surface area contributed by atoms with Crippen LogP contribution in [0.15, 0.2) is 12.1 Å². The highest BCUT2D eigenvalue weighted by atomic mass is 19.4. The zero-order chi connectivity index (χ0) is 16.2. The molecule has 0 aliphatic carbocycles. The van der Waals surface area contributed by atoms with E-state index in [0.717, 1.165) is 6.07 Å². The highest BCUT2D eigenvalue weighted by Gasteiger charge is 2.33. The molecule has 1 aromatic heterocycles. The number of carboxylic acids is 1. The third-order valence-corrected chi connectivity index (χ3v) is 2.71. The third kappa shape index (κ3) is 4.62. The first-order valence-corrected chi connectivity index (χ1v) is 6.01. The number of nitrogens with two attached hydrogens (primary N) is 1. The lowest BCUT2D eigenvalue weighted by molar-refractivity contribution is -0.141. The molecule has 1 unspecified atom stereocenters. The predicted molar refractivity (Wildman–Crippen MR) is 67.7 cm³/mol. The van der Waals surface area contributed by atoms with E-state index >= 15 is 0 Å². The van der Waals surface area contributed by atoms with Gasteiger partial charge in [-0.05, 0) is 18.6 Å². The molecule has 0 aliphatic heterocycles. The van der Waals surface area contributed by atoms with Crippen molar-refractivity contribution in [1.29, 1.82) is 0 Å². The molecule has 0 saturated carbocycles. The molecule has 0 saturated heterocycles. The van der Waals surface area contributed by atoms with Crippen molar-refractivity contribution in [3.05, 3.63) is 23.4 Å². The molecule has 4 N–H and O–H groups in total. The molecule has 0 bridgehead atoms. The number of alkyl halides is 3. The van der Waals surface area contributed by atoms with E-state index < -0.39 is 29.8 Å². The molecule has 0 fully saturated rings. The van der Waals surface area contributed by atoms with Crippen molar-refractivity contribution in [3.8, 4) is 0 Å². The molecule has 0 aromatic carbocycles. The van der Waals surface area contributed by atoms with Crippen LogP contribution in [0.5, 0.6) is 0 Å². The number of primary amides is 1. The maximum absolute atomic E-state index is 12.6. The fourth-order valence-electron chi connectivity index (χ4n) is 1.63. The number of carbonyl (C=O) groups excluding carboxylic acids is 1. The van der Waals surface area contributed by atoms with E-state index in [4.69, 9.17) is 10.8 Å². The van der Waals surface area contributed by atoms with Gasteiger partial charge in [0.15, 0.2) is 0 Å². The summed E-state index contributed by atoms with van der Waals surface area (Å²) in [4.78, 5) is 25.2. The minimum Gasteiger partial charge on any atom is -0.481 e. The maximum Gasteiger partial charge on any atom is 0.433 e. The van der Waals surface area contributed by atoms with Crippen molar-refractivity contribution in [2.75, 3.05) is 5.32 Å². The average molecular weight is 305 g/mol. The minimum atomic E-state index is -4.68. The number of carboxylic acid groups (broad SMARTS) is 1. The van der Waals surface area contributed by atoms with Crippen molar-refractivity contribution in [3.63, 3.8) is 0 Å². The number of rotatable bonds is 6. The van der Waals surface area contributed by atoms with Gasteiger partial charge in [0.05, 0.1) is 12.0 Å². The van der Waals surface area contributed by atoms with Crippen LogP contribution in [0.2, 0.25) is 0 Å². The van der Waals surface area contributed by atoms with Gasteiger partial charge < -0.3 is 16.2 Å². The Labute approximate surface area is 118 Å². The molecule has 1 rings (SSSR count). The third-order valence-electron chi connectivity index (χ3n) is 2.71. The number of nitrogens with zero attached hydrogens (tertiary/aromatic N) is 1. The van der Waals surface area contributed by atoms with Crippen molar-refractivity contribution >= 4 is 17.7 Å². The van der Waals surface area contributed by atoms with Gasteiger partial charge in [-0.2, -0.15) is 13.2 Å². The summed E-state index contributed by atoms with van der Waals surface area (Å²) in [5.74, 6) is -2.45. The first-order valence-electron chi connectivity index (χ1n) is 6.01. The number of halogens is 3. The number of aliphatic carboxylic acids is 1. The first kappa shape index (κ1) is 16.7. The number of anilines is 1. The molecule has 1 amide bonds. The van der Waals surface area contributed by atoms with E-state index in [1.165, 1.54) is 0 Å². The molecule has 21 heavy (non-hydrogen) atoms. The monoisotopic (exact) mass is 305 g/mol. The van der Waals surface area contributed by atoms with E-state index in [9.17, 15) is 22.8 Å². The van der Waals surface area contributed by atoms with Crippen LogP contribution in [0.3, 0.4) is 0 Å². The Balaban J connectivity index is 3.17. The standard InChI is InChI=1S/C12H14F3N3O3/c1-2-6(5-9(19)20)17-11-7(10(16)21)3-4-8(18-11)12(13,14)15/h3-4,6H,2,5H2,1H3,(H2,16,21)(H,17,18)(H,19,20). The molecule has 0 radical (unpaired) electrons. The second kappa shape index (κ2) is 6.42. The average Bonchev–Trinajstić information content (AvgIpc) is 2.35. The Kier molecular flexibility index (Phi) is 5.12. The van der Waals surface area contributed by atoms with E-state index in [1.807, 2.05) is 0 Å². The summed E-state index contributed by atoms with van der Waals surface area (Å²) < 4.78 is 37.9. The fourth-order valence-corrected chi connectivity index (χ4v) is 1.63. The number of pyridine rings is 1. The summed E-state index contributed by atoms with van der Waals surface area (Å²) in [6.07, 6.45) is -4.68. The van der Waals surface area contributed by atoms with E-state index in [1.54, 1.807) is 6.92 Å². The molecule has 0 spiro atoms. The Morgan fingerprint density at radius 3 is 2.48 bits per heavy atom. The second-order valence-electron chi connectivity index (χ2n) is 4.30. The van der Waals surface area contributed by atoms with Crippen LogP contribution in [0, 0.1) is 0 Å². The van der Waals surface area contributed by atoms with Crippen LogP contribution < -0.4 is 11.1 Å². The van der Waals surface area contributed by atoms with Gasteiger partial charge in [0.1, 0.15) is 11.5 Å². The fraction of sp³-hybridized carbons (Fsp3) is 0.417. The van der Waals surface area contributed by atoms with Gasteiger partial charge in [-0.1, -0.05) is 6.92 Å². The zero-order valence-electron chi connectivity index (χ0n) is 11.1. The Hall–Kier alpha value is -2.32.